The first-order chi connectivity index (χ1) is 4.61. The highest BCUT2D eigenvalue weighted by Crippen LogP contribution is 2.04. The van der Waals surface area contributed by atoms with E-state index in [2.05, 4.69) is 4.98 Å². The van der Waals surface area contributed by atoms with Crippen LogP contribution in [0.1, 0.15) is 16.8 Å². The van der Waals surface area contributed by atoms with Crippen LogP contribution >= 0.6 is 0 Å². The molecule has 0 fully saturated rings. The monoisotopic (exact) mass is 137 g/mol. The van der Waals surface area contributed by atoms with Crippen LogP contribution in [0, 0.1) is 20.8 Å². The number of aryl methyl sites for hydroxylation is 2. The third kappa shape index (κ3) is 1.10. The Kier molecular flexibility index (Phi) is 1.62. The van der Waals surface area contributed by atoms with Gasteiger partial charge in [0.05, 0.1) is 0 Å². The van der Waals surface area contributed by atoms with Crippen molar-refractivity contribution in [2.45, 2.75) is 20.8 Å². The SMILES string of the molecule is Cc1cc(=O)[nH]c(C)c1C. The van der Waals surface area contributed by atoms with E-state index >= 15 is 0 Å². The number of pyridine rings is 1. The summed E-state index contributed by atoms with van der Waals surface area (Å²) in [6.45, 7) is 5.85. The highest BCUT2D eigenvalue weighted by molar-refractivity contribution is 5.25. The lowest BCUT2D eigenvalue weighted by Crippen LogP contribution is -2.08. The van der Waals surface area contributed by atoms with Gasteiger partial charge in [-0.05, 0) is 31.9 Å². The molecule has 1 aromatic heterocycles. The first-order valence-corrected chi connectivity index (χ1v) is 3.28. The van der Waals surface area contributed by atoms with Crippen molar-refractivity contribution in [3.63, 3.8) is 0 Å². The molecule has 0 aliphatic carbocycles. The Labute approximate surface area is 59.9 Å². The van der Waals surface area contributed by atoms with E-state index in [0.29, 0.717) is 0 Å². The van der Waals surface area contributed by atoms with Gasteiger partial charge in [-0.15, -0.1) is 0 Å². The number of rotatable bonds is 0. The summed E-state index contributed by atoms with van der Waals surface area (Å²) in [6.07, 6.45) is 0. The number of hydrogen-bond acceptors (Lipinski definition) is 1. The summed E-state index contributed by atoms with van der Waals surface area (Å²) < 4.78 is 0. The fourth-order valence-corrected chi connectivity index (χ4v) is 0.915. The Bertz CT molecular complexity index is 272. The summed E-state index contributed by atoms with van der Waals surface area (Å²) in [5.74, 6) is 0. The van der Waals surface area contributed by atoms with Gasteiger partial charge in [0.2, 0.25) is 5.56 Å². The fourth-order valence-electron chi connectivity index (χ4n) is 0.915. The van der Waals surface area contributed by atoms with Gasteiger partial charge in [-0.25, -0.2) is 0 Å². The molecule has 1 aromatic rings. The first kappa shape index (κ1) is 7.06. The summed E-state index contributed by atoms with van der Waals surface area (Å²) in [5, 5.41) is 0. The van der Waals surface area contributed by atoms with Crippen molar-refractivity contribution < 1.29 is 0 Å². The molecule has 0 aliphatic heterocycles. The first-order valence-electron chi connectivity index (χ1n) is 3.28. The summed E-state index contributed by atoms with van der Waals surface area (Å²) in [4.78, 5) is 13.5. The lowest BCUT2D eigenvalue weighted by atomic mass is 10.1. The molecule has 0 spiro atoms. The molecule has 0 saturated carbocycles. The molecule has 0 aromatic carbocycles. The van der Waals surface area contributed by atoms with E-state index in [-0.39, 0.29) is 5.56 Å². The van der Waals surface area contributed by atoms with Gasteiger partial charge < -0.3 is 4.98 Å². The second kappa shape index (κ2) is 2.29. The number of hydrogen-bond donors (Lipinski definition) is 1. The van der Waals surface area contributed by atoms with E-state index in [4.69, 9.17) is 0 Å². The summed E-state index contributed by atoms with van der Waals surface area (Å²) in [6, 6.07) is 1.61. The quantitative estimate of drug-likeness (QED) is 0.574. The molecule has 0 aliphatic rings. The molecule has 1 rings (SSSR count). The Morgan fingerprint density at radius 3 is 2.40 bits per heavy atom. The maximum Gasteiger partial charge on any atom is 0.248 e. The van der Waals surface area contributed by atoms with Gasteiger partial charge in [0, 0.05) is 11.8 Å². The molecule has 10 heavy (non-hydrogen) atoms. The highest BCUT2D eigenvalue weighted by atomic mass is 16.1. The second-order valence-corrected chi connectivity index (χ2v) is 2.57. The van der Waals surface area contributed by atoms with Gasteiger partial charge in [0.1, 0.15) is 0 Å². The predicted octanol–water partition coefficient (Wildman–Crippen LogP) is 1.30. The molecule has 0 bridgehead atoms. The van der Waals surface area contributed by atoms with Gasteiger partial charge in [0.25, 0.3) is 0 Å². The van der Waals surface area contributed by atoms with Crippen molar-refractivity contribution in [1.82, 2.24) is 4.98 Å². The van der Waals surface area contributed by atoms with Crippen LogP contribution < -0.4 is 5.56 Å². The van der Waals surface area contributed by atoms with Gasteiger partial charge >= 0.3 is 0 Å². The van der Waals surface area contributed by atoms with Crippen LogP contribution in [0.25, 0.3) is 0 Å². The number of aromatic amines is 1. The smallest absolute Gasteiger partial charge is 0.248 e. The van der Waals surface area contributed by atoms with E-state index in [0.717, 1.165) is 11.3 Å². The maximum atomic E-state index is 10.8. The summed E-state index contributed by atoms with van der Waals surface area (Å²) >= 11 is 0. The fraction of sp³-hybridized carbons (Fsp3) is 0.375. The van der Waals surface area contributed by atoms with Crippen molar-refractivity contribution >= 4 is 0 Å². The zero-order valence-corrected chi connectivity index (χ0v) is 6.49. The van der Waals surface area contributed by atoms with E-state index in [9.17, 15) is 4.79 Å². The van der Waals surface area contributed by atoms with Gasteiger partial charge in [-0.1, -0.05) is 0 Å². The molecular formula is C8H11NO. The minimum atomic E-state index is -0.0133. The molecule has 1 heterocycles. The van der Waals surface area contributed by atoms with Crippen LogP contribution in [0.5, 0.6) is 0 Å². The Balaban J connectivity index is 3.46. The minimum Gasteiger partial charge on any atom is -0.326 e. The maximum absolute atomic E-state index is 10.8. The van der Waals surface area contributed by atoms with Gasteiger partial charge in [-0.3, -0.25) is 4.79 Å². The molecule has 0 atom stereocenters. The lowest BCUT2D eigenvalue weighted by molar-refractivity contribution is 1.08. The Hall–Kier alpha value is -1.05. The van der Waals surface area contributed by atoms with Crippen LogP contribution in [-0.2, 0) is 0 Å². The molecule has 1 N–H and O–H groups in total. The number of H-pyrrole nitrogens is 1. The molecule has 54 valence electrons. The minimum absolute atomic E-state index is 0.0133. The van der Waals surface area contributed by atoms with E-state index in [1.54, 1.807) is 6.07 Å². The zero-order valence-electron chi connectivity index (χ0n) is 6.49. The molecule has 2 heteroatoms. The van der Waals surface area contributed by atoms with Crippen molar-refractivity contribution in [3.05, 3.63) is 33.2 Å². The standard InChI is InChI=1S/C8H11NO/c1-5-4-8(10)9-7(3)6(5)2/h4H,1-3H3,(H,9,10). The van der Waals surface area contributed by atoms with Crippen molar-refractivity contribution in [2.24, 2.45) is 0 Å². The van der Waals surface area contributed by atoms with Gasteiger partial charge in [-0.2, -0.15) is 0 Å². The molecule has 2 nitrogen and oxygen atoms in total. The van der Waals surface area contributed by atoms with Gasteiger partial charge in [0.15, 0.2) is 0 Å². The van der Waals surface area contributed by atoms with Crippen LogP contribution in [0.3, 0.4) is 0 Å². The summed E-state index contributed by atoms with van der Waals surface area (Å²) in [5.41, 5.74) is 3.17. The van der Waals surface area contributed by atoms with Crippen LogP contribution in [0.4, 0.5) is 0 Å². The third-order valence-electron chi connectivity index (χ3n) is 1.81. The normalized spacial score (nSPS) is 9.90. The Morgan fingerprint density at radius 2 is 1.90 bits per heavy atom. The molecule has 0 saturated heterocycles. The third-order valence-corrected chi connectivity index (χ3v) is 1.81. The van der Waals surface area contributed by atoms with E-state index in [1.807, 2.05) is 20.8 Å². The molecule has 0 radical (unpaired) electrons. The Morgan fingerprint density at radius 1 is 1.30 bits per heavy atom. The van der Waals surface area contributed by atoms with E-state index in [1.165, 1.54) is 5.56 Å². The summed E-state index contributed by atoms with van der Waals surface area (Å²) in [7, 11) is 0. The van der Waals surface area contributed by atoms with Crippen LogP contribution in [0.15, 0.2) is 10.9 Å². The topological polar surface area (TPSA) is 32.9 Å². The van der Waals surface area contributed by atoms with Crippen LogP contribution in [0.2, 0.25) is 0 Å². The molecular weight excluding hydrogens is 126 g/mol. The number of aromatic nitrogens is 1. The average Bonchev–Trinajstić information content (AvgIpc) is 1.82. The second-order valence-electron chi connectivity index (χ2n) is 2.57. The highest BCUT2D eigenvalue weighted by Gasteiger charge is 1.96. The van der Waals surface area contributed by atoms with E-state index < -0.39 is 0 Å². The number of nitrogens with one attached hydrogen (secondary N) is 1. The molecule has 0 amide bonds. The zero-order chi connectivity index (χ0) is 7.72. The lowest BCUT2D eigenvalue weighted by Gasteiger charge is -2.00. The van der Waals surface area contributed by atoms with Crippen molar-refractivity contribution in [1.29, 1.82) is 0 Å². The predicted molar refractivity (Wildman–Crippen MR) is 41.3 cm³/mol. The van der Waals surface area contributed by atoms with Crippen LogP contribution in [-0.4, -0.2) is 4.98 Å². The average molecular weight is 137 g/mol. The van der Waals surface area contributed by atoms with Crippen molar-refractivity contribution in [3.8, 4) is 0 Å². The van der Waals surface area contributed by atoms with Crippen molar-refractivity contribution in [2.75, 3.05) is 0 Å². The largest absolute Gasteiger partial charge is 0.326 e. The molecule has 0 unspecified atom stereocenters.